The summed E-state index contributed by atoms with van der Waals surface area (Å²) in [7, 11) is 1.70. The van der Waals surface area contributed by atoms with Crippen LogP contribution in [-0.2, 0) is 4.79 Å². The average Bonchev–Trinajstić information content (AvgIpc) is 2.15. The van der Waals surface area contributed by atoms with E-state index in [4.69, 9.17) is 5.11 Å². The number of carboxylic acid groups (broad SMARTS) is 1. The van der Waals surface area contributed by atoms with Crippen LogP contribution in [-0.4, -0.2) is 36.8 Å². The molecule has 0 aromatic carbocycles. The van der Waals surface area contributed by atoms with Crippen molar-refractivity contribution in [1.82, 2.24) is 10.6 Å². The van der Waals surface area contributed by atoms with Crippen LogP contribution in [0.25, 0.3) is 0 Å². The topological polar surface area (TPSA) is 61.4 Å². The number of nitrogens with one attached hydrogen (secondary N) is 2. The van der Waals surface area contributed by atoms with Crippen molar-refractivity contribution in [1.29, 1.82) is 0 Å². The van der Waals surface area contributed by atoms with Crippen molar-refractivity contribution in [3.63, 3.8) is 0 Å². The predicted octanol–water partition coefficient (Wildman–Crippen LogP) is 0.191. The van der Waals surface area contributed by atoms with E-state index < -0.39 is 12.0 Å². The highest BCUT2D eigenvalue weighted by atomic mass is 16.4. The lowest BCUT2D eigenvalue weighted by molar-refractivity contribution is -0.139. The van der Waals surface area contributed by atoms with E-state index in [-0.39, 0.29) is 0 Å². The van der Waals surface area contributed by atoms with Gasteiger partial charge >= 0.3 is 5.97 Å². The normalized spacial score (nSPS) is 25.5. The Bertz CT molecular complexity index is 167. The number of carbonyl (C=O) groups is 1. The third kappa shape index (κ3) is 3.32. The molecule has 13 heavy (non-hydrogen) atoms. The van der Waals surface area contributed by atoms with E-state index in [2.05, 4.69) is 10.6 Å². The molecule has 0 amide bonds. The van der Waals surface area contributed by atoms with Gasteiger partial charge in [-0.15, -0.1) is 0 Å². The fourth-order valence-electron chi connectivity index (χ4n) is 1.75. The van der Waals surface area contributed by atoms with Crippen LogP contribution in [0.4, 0.5) is 0 Å². The van der Waals surface area contributed by atoms with Crippen LogP contribution in [0.15, 0.2) is 0 Å². The Morgan fingerprint density at radius 3 is 2.92 bits per heavy atom. The molecule has 4 nitrogen and oxygen atoms in total. The first-order chi connectivity index (χ1) is 6.24. The van der Waals surface area contributed by atoms with Crippen LogP contribution in [0.3, 0.4) is 0 Å². The first-order valence-electron chi connectivity index (χ1n) is 4.87. The molecule has 76 valence electrons. The Balaban J connectivity index is 2.31. The lowest BCUT2D eigenvalue weighted by Crippen LogP contribution is -2.43. The third-order valence-electron chi connectivity index (χ3n) is 2.58. The highest BCUT2D eigenvalue weighted by Gasteiger charge is 2.21. The maximum atomic E-state index is 10.7. The van der Waals surface area contributed by atoms with Gasteiger partial charge in [0.25, 0.3) is 0 Å². The summed E-state index contributed by atoms with van der Waals surface area (Å²) in [6, 6.07) is -0.0297. The molecular formula is C9H18N2O2. The molecular weight excluding hydrogens is 168 g/mol. The van der Waals surface area contributed by atoms with Crippen molar-refractivity contribution in [3.05, 3.63) is 0 Å². The molecule has 1 unspecified atom stereocenters. The number of aliphatic carboxylic acids is 1. The first-order valence-corrected chi connectivity index (χ1v) is 4.87. The molecule has 1 aliphatic rings. The van der Waals surface area contributed by atoms with Gasteiger partial charge in [-0.3, -0.25) is 4.79 Å². The third-order valence-corrected chi connectivity index (χ3v) is 2.58. The quantitative estimate of drug-likeness (QED) is 0.586. The lowest BCUT2D eigenvalue weighted by Gasteiger charge is -2.25. The van der Waals surface area contributed by atoms with Gasteiger partial charge in [-0.05, 0) is 32.9 Å². The van der Waals surface area contributed by atoms with Crippen LogP contribution < -0.4 is 10.6 Å². The van der Waals surface area contributed by atoms with Gasteiger partial charge in [-0.25, -0.2) is 0 Å². The second-order valence-electron chi connectivity index (χ2n) is 3.56. The molecule has 3 N–H and O–H groups in total. The molecule has 1 saturated heterocycles. The summed E-state index contributed by atoms with van der Waals surface area (Å²) in [6.07, 6.45) is 4.22. The number of hydrogen-bond acceptors (Lipinski definition) is 3. The van der Waals surface area contributed by atoms with Gasteiger partial charge in [-0.2, -0.15) is 0 Å². The SMILES string of the molecule is CN[C@@H](CC1CCCCN1)C(=O)O. The number of hydrogen-bond donors (Lipinski definition) is 3. The Morgan fingerprint density at radius 2 is 2.46 bits per heavy atom. The summed E-state index contributed by atoms with van der Waals surface area (Å²) in [5.41, 5.74) is 0. The fourth-order valence-corrected chi connectivity index (χ4v) is 1.75. The van der Waals surface area contributed by atoms with Crippen LogP contribution in [0.1, 0.15) is 25.7 Å². The van der Waals surface area contributed by atoms with Gasteiger partial charge in [0.15, 0.2) is 0 Å². The molecule has 0 radical (unpaired) electrons. The van der Waals surface area contributed by atoms with Crippen molar-refractivity contribution < 1.29 is 9.90 Å². The maximum Gasteiger partial charge on any atom is 0.320 e. The highest BCUT2D eigenvalue weighted by molar-refractivity contribution is 5.73. The molecule has 0 spiro atoms. The van der Waals surface area contributed by atoms with E-state index in [1.807, 2.05) is 0 Å². The number of rotatable bonds is 4. The van der Waals surface area contributed by atoms with Crippen LogP contribution >= 0.6 is 0 Å². The zero-order chi connectivity index (χ0) is 9.68. The molecule has 0 aromatic heterocycles. The second-order valence-corrected chi connectivity index (χ2v) is 3.56. The summed E-state index contributed by atoms with van der Waals surface area (Å²) in [5.74, 6) is -0.755. The zero-order valence-corrected chi connectivity index (χ0v) is 8.05. The van der Waals surface area contributed by atoms with Crippen molar-refractivity contribution in [3.8, 4) is 0 Å². The minimum atomic E-state index is -0.755. The zero-order valence-electron chi connectivity index (χ0n) is 8.05. The Hall–Kier alpha value is -0.610. The smallest absolute Gasteiger partial charge is 0.320 e. The summed E-state index contributed by atoms with van der Waals surface area (Å²) >= 11 is 0. The predicted molar refractivity (Wildman–Crippen MR) is 50.7 cm³/mol. The molecule has 0 saturated carbocycles. The maximum absolute atomic E-state index is 10.7. The minimum Gasteiger partial charge on any atom is -0.480 e. The van der Waals surface area contributed by atoms with E-state index in [0.717, 1.165) is 13.0 Å². The van der Waals surface area contributed by atoms with Crippen LogP contribution in [0.2, 0.25) is 0 Å². The van der Waals surface area contributed by atoms with E-state index in [9.17, 15) is 4.79 Å². The molecule has 0 aliphatic carbocycles. The summed E-state index contributed by atoms with van der Waals surface area (Å²) in [4.78, 5) is 10.7. The van der Waals surface area contributed by atoms with E-state index in [0.29, 0.717) is 12.5 Å². The molecule has 2 atom stereocenters. The molecule has 0 bridgehead atoms. The summed E-state index contributed by atoms with van der Waals surface area (Å²) in [5, 5.41) is 15.0. The number of carboxylic acids is 1. The lowest BCUT2D eigenvalue weighted by atomic mass is 9.98. The highest BCUT2D eigenvalue weighted by Crippen LogP contribution is 2.11. The molecule has 1 heterocycles. The van der Waals surface area contributed by atoms with Crippen molar-refractivity contribution in [2.75, 3.05) is 13.6 Å². The second kappa shape index (κ2) is 5.19. The average molecular weight is 186 g/mol. The van der Waals surface area contributed by atoms with Crippen molar-refractivity contribution in [2.24, 2.45) is 0 Å². The summed E-state index contributed by atoms with van der Waals surface area (Å²) in [6.45, 7) is 1.03. The van der Waals surface area contributed by atoms with E-state index >= 15 is 0 Å². The van der Waals surface area contributed by atoms with E-state index in [1.54, 1.807) is 7.05 Å². The first kappa shape index (κ1) is 10.5. The van der Waals surface area contributed by atoms with Crippen LogP contribution in [0.5, 0.6) is 0 Å². The van der Waals surface area contributed by atoms with Gasteiger partial charge in [-0.1, -0.05) is 6.42 Å². The fraction of sp³-hybridized carbons (Fsp3) is 0.889. The van der Waals surface area contributed by atoms with E-state index in [1.165, 1.54) is 12.8 Å². The monoisotopic (exact) mass is 186 g/mol. The van der Waals surface area contributed by atoms with Gasteiger partial charge in [0.2, 0.25) is 0 Å². The minimum absolute atomic E-state index is 0.377. The van der Waals surface area contributed by atoms with Crippen molar-refractivity contribution in [2.45, 2.75) is 37.8 Å². The Morgan fingerprint density at radius 1 is 1.69 bits per heavy atom. The standard InChI is InChI=1S/C9H18N2O2/c1-10-8(9(12)13)6-7-4-2-3-5-11-7/h7-8,10-11H,2-6H2,1H3,(H,12,13)/t7?,8-/m0/s1. The summed E-state index contributed by atoms with van der Waals surface area (Å²) < 4.78 is 0. The van der Waals surface area contributed by atoms with Gasteiger partial charge in [0.05, 0.1) is 0 Å². The largest absolute Gasteiger partial charge is 0.480 e. The molecule has 0 aromatic rings. The van der Waals surface area contributed by atoms with Gasteiger partial charge in [0.1, 0.15) is 6.04 Å². The number of piperidine rings is 1. The Labute approximate surface area is 78.7 Å². The van der Waals surface area contributed by atoms with Gasteiger partial charge in [0, 0.05) is 6.04 Å². The Kier molecular flexibility index (Phi) is 4.18. The van der Waals surface area contributed by atoms with Crippen LogP contribution in [0, 0.1) is 0 Å². The number of likely N-dealkylation sites (N-methyl/N-ethyl adjacent to an activating group) is 1. The van der Waals surface area contributed by atoms with Gasteiger partial charge < -0.3 is 15.7 Å². The molecule has 4 heteroatoms. The van der Waals surface area contributed by atoms with Crippen molar-refractivity contribution >= 4 is 5.97 Å². The molecule has 1 fully saturated rings. The molecule has 1 aliphatic heterocycles. The molecule has 1 rings (SSSR count).